The van der Waals surface area contributed by atoms with Crippen molar-refractivity contribution >= 4 is 16.9 Å². The highest BCUT2D eigenvalue weighted by Crippen LogP contribution is 2.17. The normalized spacial score (nSPS) is 11.2. The fourth-order valence-corrected chi connectivity index (χ4v) is 3.42. The molecule has 0 aliphatic rings. The lowest BCUT2D eigenvalue weighted by Gasteiger charge is -2.13. The molecule has 0 saturated carbocycles. The van der Waals surface area contributed by atoms with Gasteiger partial charge in [0, 0.05) is 25.9 Å². The molecule has 1 aromatic heterocycles. The molecule has 3 rings (SSSR count). The van der Waals surface area contributed by atoms with E-state index in [2.05, 4.69) is 59.2 Å². The van der Waals surface area contributed by atoms with Crippen LogP contribution in [0, 0.1) is 0 Å². The molecule has 3 aromatic rings. The van der Waals surface area contributed by atoms with Crippen LogP contribution in [0.5, 0.6) is 0 Å². The van der Waals surface area contributed by atoms with Gasteiger partial charge in [0.25, 0.3) is 0 Å². The van der Waals surface area contributed by atoms with Crippen molar-refractivity contribution in [2.75, 3.05) is 27.2 Å². The van der Waals surface area contributed by atoms with Crippen molar-refractivity contribution in [3.05, 3.63) is 66.0 Å². The number of aryl methyl sites for hydroxylation is 2. The fourth-order valence-electron chi connectivity index (χ4n) is 3.42. The molecule has 1 N–H and O–H groups in total. The average molecular weight is 379 g/mol. The highest BCUT2D eigenvalue weighted by atomic mass is 16.1. The molecular formula is C23H30N4O. The van der Waals surface area contributed by atoms with E-state index in [4.69, 9.17) is 4.98 Å². The van der Waals surface area contributed by atoms with Crippen molar-refractivity contribution in [3.63, 3.8) is 0 Å². The number of imidazole rings is 1. The average Bonchev–Trinajstić information content (AvgIpc) is 3.04. The second-order valence-corrected chi connectivity index (χ2v) is 7.41. The van der Waals surface area contributed by atoms with E-state index >= 15 is 0 Å². The predicted octanol–water partition coefficient (Wildman–Crippen LogP) is 3.28. The van der Waals surface area contributed by atoms with E-state index in [-0.39, 0.29) is 5.91 Å². The molecule has 0 fully saturated rings. The molecule has 5 heteroatoms. The van der Waals surface area contributed by atoms with E-state index in [1.165, 1.54) is 11.1 Å². The summed E-state index contributed by atoms with van der Waals surface area (Å²) in [6, 6.07) is 18.4. The Morgan fingerprint density at radius 3 is 2.57 bits per heavy atom. The van der Waals surface area contributed by atoms with E-state index in [1.807, 2.05) is 24.3 Å². The maximum Gasteiger partial charge on any atom is 0.220 e. The van der Waals surface area contributed by atoms with Crippen molar-refractivity contribution in [1.82, 2.24) is 19.8 Å². The van der Waals surface area contributed by atoms with E-state index < -0.39 is 0 Å². The van der Waals surface area contributed by atoms with Gasteiger partial charge in [0.15, 0.2) is 0 Å². The second-order valence-electron chi connectivity index (χ2n) is 7.41. The third-order valence-electron chi connectivity index (χ3n) is 4.87. The number of rotatable bonds is 10. The van der Waals surface area contributed by atoms with Crippen LogP contribution in [-0.4, -0.2) is 47.5 Å². The number of nitrogens with one attached hydrogen (secondary N) is 1. The van der Waals surface area contributed by atoms with Gasteiger partial charge >= 0.3 is 0 Å². The number of fused-ring (bicyclic) bond motifs is 1. The van der Waals surface area contributed by atoms with Gasteiger partial charge in [-0.15, -0.1) is 0 Å². The zero-order valence-electron chi connectivity index (χ0n) is 16.9. The molecule has 0 aliphatic heterocycles. The van der Waals surface area contributed by atoms with Crippen LogP contribution in [0.1, 0.15) is 24.2 Å². The van der Waals surface area contributed by atoms with Crippen LogP contribution in [-0.2, 0) is 24.2 Å². The maximum absolute atomic E-state index is 12.2. The lowest BCUT2D eigenvalue weighted by atomic mass is 10.1. The lowest BCUT2D eigenvalue weighted by molar-refractivity contribution is -0.121. The zero-order valence-corrected chi connectivity index (χ0v) is 16.9. The smallest absolute Gasteiger partial charge is 0.220 e. The molecule has 0 saturated heterocycles. The molecule has 28 heavy (non-hydrogen) atoms. The van der Waals surface area contributed by atoms with Crippen LogP contribution in [0.25, 0.3) is 11.0 Å². The molecule has 2 aromatic carbocycles. The Hall–Kier alpha value is -2.66. The summed E-state index contributed by atoms with van der Waals surface area (Å²) in [4.78, 5) is 19.2. The van der Waals surface area contributed by atoms with Crippen molar-refractivity contribution in [3.8, 4) is 0 Å². The first-order valence-electron chi connectivity index (χ1n) is 10.0. The third kappa shape index (κ3) is 5.67. The SMILES string of the molecule is CN(C)CCCn1c(CCNC(=O)CCc2ccccc2)nc2ccccc21. The Morgan fingerprint density at radius 1 is 1.04 bits per heavy atom. The quantitative estimate of drug-likeness (QED) is 0.589. The number of benzene rings is 2. The highest BCUT2D eigenvalue weighted by molar-refractivity contribution is 5.77. The monoisotopic (exact) mass is 378 g/mol. The van der Waals surface area contributed by atoms with Crippen LogP contribution in [0.4, 0.5) is 0 Å². The number of hydrogen-bond donors (Lipinski definition) is 1. The van der Waals surface area contributed by atoms with E-state index in [9.17, 15) is 4.79 Å². The van der Waals surface area contributed by atoms with E-state index in [0.717, 1.165) is 43.7 Å². The number of carbonyl (C=O) groups is 1. The summed E-state index contributed by atoms with van der Waals surface area (Å²) in [6.45, 7) is 2.60. The summed E-state index contributed by atoms with van der Waals surface area (Å²) >= 11 is 0. The predicted molar refractivity (Wildman–Crippen MR) is 114 cm³/mol. The molecule has 0 radical (unpaired) electrons. The van der Waals surface area contributed by atoms with Crippen LogP contribution in [0.15, 0.2) is 54.6 Å². The Labute approximate surface area is 167 Å². The molecule has 148 valence electrons. The van der Waals surface area contributed by atoms with E-state index in [1.54, 1.807) is 0 Å². The number of nitrogens with zero attached hydrogens (tertiary/aromatic N) is 3. The van der Waals surface area contributed by atoms with Gasteiger partial charge in [-0.25, -0.2) is 4.98 Å². The first kappa shape index (κ1) is 20.1. The lowest BCUT2D eigenvalue weighted by Crippen LogP contribution is -2.26. The Balaban J connectivity index is 1.55. The molecule has 0 spiro atoms. The minimum Gasteiger partial charge on any atom is -0.356 e. The molecule has 0 unspecified atom stereocenters. The molecular weight excluding hydrogens is 348 g/mol. The van der Waals surface area contributed by atoms with Crippen molar-refractivity contribution in [2.24, 2.45) is 0 Å². The minimum atomic E-state index is 0.0964. The van der Waals surface area contributed by atoms with Gasteiger partial charge < -0.3 is 14.8 Å². The molecule has 0 bridgehead atoms. The molecule has 1 amide bonds. The number of para-hydroxylation sites is 2. The van der Waals surface area contributed by atoms with Crippen molar-refractivity contribution in [2.45, 2.75) is 32.2 Å². The zero-order chi connectivity index (χ0) is 19.8. The van der Waals surface area contributed by atoms with Gasteiger partial charge in [0.2, 0.25) is 5.91 Å². The minimum absolute atomic E-state index is 0.0964. The van der Waals surface area contributed by atoms with Gasteiger partial charge in [-0.3, -0.25) is 4.79 Å². The number of hydrogen-bond acceptors (Lipinski definition) is 3. The first-order chi connectivity index (χ1) is 13.6. The third-order valence-corrected chi connectivity index (χ3v) is 4.87. The summed E-state index contributed by atoms with van der Waals surface area (Å²) in [7, 11) is 4.19. The largest absolute Gasteiger partial charge is 0.356 e. The van der Waals surface area contributed by atoms with Crippen molar-refractivity contribution in [1.29, 1.82) is 0 Å². The molecule has 1 heterocycles. The summed E-state index contributed by atoms with van der Waals surface area (Å²) in [5.74, 6) is 1.14. The molecule has 0 atom stereocenters. The standard InChI is InChI=1S/C23H30N4O/c1-26(2)17-8-18-27-21-12-7-6-11-20(21)25-22(27)15-16-24-23(28)14-13-19-9-4-3-5-10-19/h3-7,9-12H,8,13-18H2,1-2H3,(H,24,28). The van der Waals surface area contributed by atoms with Gasteiger partial charge in [0.1, 0.15) is 5.82 Å². The summed E-state index contributed by atoms with van der Waals surface area (Å²) in [5.41, 5.74) is 3.39. The second kappa shape index (κ2) is 10.0. The van der Waals surface area contributed by atoms with E-state index in [0.29, 0.717) is 13.0 Å². The Bertz CT molecular complexity index is 886. The van der Waals surface area contributed by atoms with Crippen LogP contribution >= 0.6 is 0 Å². The number of aromatic nitrogens is 2. The fraction of sp³-hybridized carbons (Fsp3) is 0.391. The highest BCUT2D eigenvalue weighted by Gasteiger charge is 2.11. The maximum atomic E-state index is 12.2. The summed E-state index contributed by atoms with van der Waals surface area (Å²) in [6.07, 6.45) is 3.11. The number of carbonyl (C=O) groups excluding carboxylic acids is 1. The Kier molecular flexibility index (Phi) is 7.20. The van der Waals surface area contributed by atoms with Crippen LogP contribution in [0.2, 0.25) is 0 Å². The molecule has 5 nitrogen and oxygen atoms in total. The Morgan fingerprint density at radius 2 is 1.79 bits per heavy atom. The summed E-state index contributed by atoms with van der Waals surface area (Å²) in [5, 5.41) is 3.05. The number of amides is 1. The van der Waals surface area contributed by atoms with Crippen molar-refractivity contribution < 1.29 is 4.79 Å². The topological polar surface area (TPSA) is 50.2 Å². The first-order valence-corrected chi connectivity index (χ1v) is 10.0. The van der Waals surface area contributed by atoms with Crippen LogP contribution in [0.3, 0.4) is 0 Å². The van der Waals surface area contributed by atoms with Gasteiger partial charge in [-0.2, -0.15) is 0 Å². The van der Waals surface area contributed by atoms with Crippen LogP contribution < -0.4 is 5.32 Å². The van der Waals surface area contributed by atoms with Gasteiger partial charge in [0.05, 0.1) is 11.0 Å². The summed E-state index contributed by atoms with van der Waals surface area (Å²) < 4.78 is 2.30. The van der Waals surface area contributed by atoms with Gasteiger partial charge in [-0.1, -0.05) is 42.5 Å². The van der Waals surface area contributed by atoms with Gasteiger partial charge in [-0.05, 0) is 51.2 Å². The molecule has 0 aliphatic carbocycles.